The lowest BCUT2D eigenvalue weighted by atomic mass is 10.0. The molecule has 1 fully saturated rings. The molecule has 1 N–H and O–H groups in total. The third kappa shape index (κ3) is 5.07. The topological polar surface area (TPSA) is 32.3 Å². The van der Waals surface area contributed by atoms with Gasteiger partial charge in [-0.05, 0) is 42.7 Å². The lowest BCUT2D eigenvalue weighted by Gasteiger charge is -2.32. The van der Waals surface area contributed by atoms with Gasteiger partial charge in [0.1, 0.15) is 11.6 Å². The van der Waals surface area contributed by atoms with Crippen molar-refractivity contribution in [3.05, 3.63) is 70.8 Å². The Hall–Kier alpha value is -2.48. The van der Waals surface area contributed by atoms with Gasteiger partial charge in [-0.15, -0.1) is 0 Å². The van der Waals surface area contributed by atoms with Crippen molar-refractivity contribution < 1.29 is 26.7 Å². The molecule has 0 spiro atoms. The van der Waals surface area contributed by atoms with Gasteiger partial charge in [-0.2, -0.15) is 13.2 Å². The summed E-state index contributed by atoms with van der Waals surface area (Å²) in [5.41, 5.74) is -0.449. The molecule has 8 heteroatoms. The molecule has 0 saturated carbocycles. The highest BCUT2D eigenvalue weighted by Gasteiger charge is 2.30. The molecule has 2 aromatic rings. The molecule has 1 saturated heterocycles. The molecule has 1 aliphatic heterocycles. The van der Waals surface area contributed by atoms with Gasteiger partial charge < -0.3 is 5.32 Å². The Kier molecular flexibility index (Phi) is 5.98. The molecular weight excluding hydrogens is 379 g/mol. The zero-order chi connectivity index (χ0) is 20.3. The van der Waals surface area contributed by atoms with Crippen molar-refractivity contribution in [3.63, 3.8) is 0 Å². The fraction of sp³-hybridized carbons (Fsp3) is 0.350. The summed E-state index contributed by atoms with van der Waals surface area (Å²) in [6.07, 6.45) is -3.23. The molecule has 28 heavy (non-hydrogen) atoms. The first-order valence-corrected chi connectivity index (χ1v) is 8.87. The number of nitrogens with one attached hydrogen (secondary N) is 1. The Morgan fingerprint density at radius 2 is 1.79 bits per heavy atom. The van der Waals surface area contributed by atoms with Gasteiger partial charge in [0.25, 0.3) is 5.91 Å². The first-order valence-electron chi connectivity index (χ1n) is 8.87. The summed E-state index contributed by atoms with van der Waals surface area (Å²) in [6, 6.07) is 7.72. The Labute approximate surface area is 159 Å². The monoisotopic (exact) mass is 398 g/mol. The Balaban J connectivity index is 1.53. The number of carbonyl (C=O) groups is 1. The molecule has 0 aromatic heterocycles. The summed E-state index contributed by atoms with van der Waals surface area (Å²) in [7, 11) is 0. The molecule has 150 valence electrons. The third-order valence-corrected chi connectivity index (χ3v) is 4.76. The second kappa shape index (κ2) is 8.26. The van der Waals surface area contributed by atoms with Crippen molar-refractivity contribution in [1.82, 2.24) is 10.2 Å². The number of likely N-dealkylation sites (tertiary alicyclic amines) is 1. The number of hydrogen-bond acceptors (Lipinski definition) is 2. The maximum atomic E-state index is 13.7. The second-order valence-electron chi connectivity index (χ2n) is 6.85. The first kappa shape index (κ1) is 20.3. The van der Waals surface area contributed by atoms with Crippen LogP contribution in [0.3, 0.4) is 0 Å². The predicted molar refractivity (Wildman–Crippen MR) is 93.6 cm³/mol. The van der Waals surface area contributed by atoms with Crippen LogP contribution >= 0.6 is 0 Å². The normalized spacial score (nSPS) is 16.2. The van der Waals surface area contributed by atoms with E-state index in [0.29, 0.717) is 38.0 Å². The molecule has 0 unspecified atom stereocenters. The van der Waals surface area contributed by atoms with Crippen LogP contribution in [-0.2, 0) is 12.7 Å². The van der Waals surface area contributed by atoms with Crippen LogP contribution in [0.5, 0.6) is 0 Å². The average Bonchev–Trinajstić information content (AvgIpc) is 2.65. The summed E-state index contributed by atoms with van der Waals surface area (Å²) in [4.78, 5) is 14.2. The molecule has 1 heterocycles. The number of piperidine rings is 1. The van der Waals surface area contributed by atoms with E-state index in [1.54, 1.807) is 6.07 Å². The fourth-order valence-corrected chi connectivity index (χ4v) is 3.27. The zero-order valence-corrected chi connectivity index (χ0v) is 14.9. The quantitative estimate of drug-likeness (QED) is 0.776. The Morgan fingerprint density at radius 1 is 1.07 bits per heavy atom. The van der Waals surface area contributed by atoms with Crippen LogP contribution in [0, 0.1) is 11.6 Å². The lowest BCUT2D eigenvalue weighted by molar-refractivity contribution is -0.137. The summed E-state index contributed by atoms with van der Waals surface area (Å²) in [6.45, 7) is 1.53. The highest BCUT2D eigenvalue weighted by molar-refractivity contribution is 5.94. The number of rotatable bonds is 4. The van der Waals surface area contributed by atoms with Crippen molar-refractivity contribution in [3.8, 4) is 0 Å². The molecule has 0 aliphatic carbocycles. The molecule has 3 nitrogen and oxygen atoms in total. The maximum absolute atomic E-state index is 13.7. The molecule has 1 aliphatic rings. The SMILES string of the molecule is O=C(NC1CCN(Cc2cccc(C(F)(F)F)c2)CC1)c1cc(F)ccc1F. The van der Waals surface area contributed by atoms with E-state index in [4.69, 9.17) is 0 Å². The molecule has 3 rings (SSSR count). The van der Waals surface area contributed by atoms with Gasteiger partial charge >= 0.3 is 6.18 Å². The van der Waals surface area contributed by atoms with Gasteiger partial charge in [-0.1, -0.05) is 18.2 Å². The second-order valence-corrected chi connectivity index (χ2v) is 6.85. The molecule has 0 atom stereocenters. The number of nitrogens with zero attached hydrogens (tertiary/aromatic N) is 1. The van der Waals surface area contributed by atoms with Gasteiger partial charge in [-0.3, -0.25) is 9.69 Å². The predicted octanol–water partition coefficient (Wildman–Crippen LogP) is 4.38. The number of alkyl halides is 3. The van der Waals surface area contributed by atoms with E-state index < -0.39 is 29.3 Å². The maximum Gasteiger partial charge on any atom is 0.416 e. The van der Waals surface area contributed by atoms with E-state index in [0.717, 1.165) is 30.3 Å². The molecule has 1 amide bonds. The number of amides is 1. The van der Waals surface area contributed by atoms with E-state index in [-0.39, 0.29) is 11.6 Å². The van der Waals surface area contributed by atoms with Crippen LogP contribution in [-0.4, -0.2) is 29.9 Å². The zero-order valence-electron chi connectivity index (χ0n) is 14.9. The van der Waals surface area contributed by atoms with Crippen molar-refractivity contribution in [2.75, 3.05) is 13.1 Å². The van der Waals surface area contributed by atoms with E-state index in [2.05, 4.69) is 5.32 Å². The number of benzene rings is 2. The highest BCUT2D eigenvalue weighted by Crippen LogP contribution is 2.30. The van der Waals surface area contributed by atoms with Crippen molar-refractivity contribution >= 4 is 5.91 Å². The lowest BCUT2D eigenvalue weighted by Crippen LogP contribution is -2.44. The van der Waals surface area contributed by atoms with Crippen LogP contribution in [0.4, 0.5) is 22.0 Å². The van der Waals surface area contributed by atoms with Gasteiger partial charge in [0, 0.05) is 25.7 Å². The number of halogens is 5. The van der Waals surface area contributed by atoms with Crippen LogP contribution < -0.4 is 5.32 Å². The minimum absolute atomic E-state index is 0.201. The van der Waals surface area contributed by atoms with Crippen LogP contribution in [0.25, 0.3) is 0 Å². The standard InChI is InChI=1S/C20H19F5N2O/c21-15-4-5-18(22)17(11-15)19(28)26-16-6-8-27(9-7-16)12-13-2-1-3-14(10-13)20(23,24)25/h1-5,10-11,16H,6-9,12H2,(H,26,28). The summed E-state index contributed by atoms with van der Waals surface area (Å²) in [5, 5.41) is 2.70. The minimum Gasteiger partial charge on any atom is -0.349 e. The molecule has 2 aromatic carbocycles. The Bertz CT molecular complexity index is 845. The van der Waals surface area contributed by atoms with Gasteiger partial charge in [0.15, 0.2) is 0 Å². The van der Waals surface area contributed by atoms with Crippen LogP contribution in [0.2, 0.25) is 0 Å². The third-order valence-electron chi connectivity index (χ3n) is 4.76. The van der Waals surface area contributed by atoms with E-state index in [9.17, 15) is 26.7 Å². The van der Waals surface area contributed by atoms with Crippen molar-refractivity contribution in [2.24, 2.45) is 0 Å². The number of carbonyl (C=O) groups excluding carboxylic acids is 1. The molecular formula is C20H19F5N2O. The van der Waals surface area contributed by atoms with E-state index in [1.165, 1.54) is 6.07 Å². The highest BCUT2D eigenvalue weighted by atomic mass is 19.4. The fourth-order valence-electron chi connectivity index (χ4n) is 3.27. The largest absolute Gasteiger partial charge is 0.416 e. The van der Waals surface area contributed by atoms with Crippen molar-refractivity contribution in [2.45, 2.75) is 31.6 Å². The van der Waals surface area contributed by atoms with E-state index in [1.807, 2.05) is 4.90 Å². The van der Waals surface area contributed by atoms with Gasteiger partial charge in [0.2, 0.25) is 0 Å². The first-order chi connectivity index (χ1) is 13.2. The average molecular weight is 398 g/mol. The van der Waals surface area contributed by atoms with Crippen molar-refractivity contribution in [1.29, 1.82) is 0 Å². The summed E-state index contributed by atoms with van der Waals surface area (Å²) < 4.78 is 65.3. The van der Waals surface area contributed by atoms with Crippen LogP contribution in [0.1, 0.15) is 34.3 Å². The Morgan fingerprint density at radius 3 is 2.46 bits per heavy atom. The minimum atomic E-state index is -4.38. The summed E-state index contributed by atoms with van der Waals surface area (Å²) >= 11 is 0. The van der Waals surface area contributed by atoms with Crippen LogP contribution in [0.15, 0.2) is 42.5 Å². The smallest absolute Gasteiger partial charge is 0.349 e. The summed E-state index contributed by atoms with van der Waals surface area (Å²) in [5.74, 6) is -2.16. The molecule has 0 bridgehead atoms. The van der Waals surface area contributed by atoms with Gasteiger partial charge in [0.05, 0.1) is 11.1 Å². The molecule has 0 radical (unpaired) electrons. The van der Waals surface area contributed by atoms with E-state index >= 15 is 0 Å². The number of hydrogen-bond donors (Lipinski definition) is 1. The van der Waals surface area contributed by atoms with Gasteiger partial charge in [-0.25, -0.2) is 8.78 Å².